The zero-order valence-corrected chi connectivity index (χ0v) is 17.0. The van der Waals surface area contributed by atoms with Crippen molar-refractivity contribution in [3.05, 3.63) is 60.0 Å². The Labute approximate surface area is 167 Å². The second-order valence-corrected chi connectivity index (χ2v) is 9.12. The van der Waals surface area contributed by atoms with E-state index in [1.54, 1.807) is 35.9 Å². The molecule has 9 heteroatoms. The molecular formula is C19H19N5O2S2. The Kier molecular flexibility index (Phi) is 4.88. The number of hydrogen-bond donors (Lipinski definition) is 2. The Bertz CT molecular complexity index is 1240. The van der Waals surface area contributed by atoms with Gasteiger partial charge in [-0.25, -0.2) is 23.1 Å². The highest BCUT2D eigenvalue weighted by Crippen LogP contribution is 2.30. The first kappa shape index (κ1) is 18.6. The van der Waals surface area contributed by atoms with Crippen LogP contribution in [0.1, 0.15) is 5.56 Å². The number of anilines is 1. The number of rotatable bonds is 6. The molecule has 0 radical (unpaired) electrons. The summed E-state index contributed by atoms with van der Waals surface area (Å²) in [4.78, 5) is 8.89. The van der Waals surface area contributed by atoms with Crippen molar-refractivity contribution in [1.82, 2.24) is 19.3 Å². The fourth-order valence-electron chi connectivity index (χ4n) is 2.93. The van der Waals surface area contributed by atoms with Crippen LogP contribution in [0.3, 0.4) is 0 Å². The predicted molar refractivity (Wildman–Crippen MR) is 112 cm³/mol. The van der Waals surface area contributed by atoms with Crippen LogP contribution in [0.25, 0.3) is 21.5 Å². The van der Waals surface area contributed by atoms with Gasteiger partial charge in [-0.2, -0.15) is 0 Å². The summed E-state index contributed by atoms with van der Waals surface area (Å²) in [6.45, 7) is 0.603. The maximum Gasteiger partial charge on any atom is 0.240 e. The van der Waals surface area contributed by atoms with E-state index in [1.165, 1.54) is 7.05 Å². The van der Waals surface area contributed by atoms with Crippen molar-refractivity contribution >= 4 is 37.3 Å². The number of imidazole rings is 1. The van der Waals surface area contributed by atoms with Gasteiger partial charge in [0.05, 0.1) is 32.6 Å². The molecule has 0 saturated heterocycles. The average Bonchev–Trinajstić information content (AvgIpc) is 3.34. The molecule has 4 rings (SSSR count). The molecule has 2 N–H and O–H groups in total. The van der Waals surface area contributed by atoms with E-state index in [-0.39, 0.29) is 4.90 Å². The van der Waals surface area contributed by atoms with Gasteiger partial charge in [0.1, 0.15) is 0 Å². The second-order valence-electron chi connectivity index (χ2n) is 6.35. The highest BCUT2D eigenvalue weighted by atomic mass is 32.2. The standard InChI is InChI=1S/C19H19N5O2S2/c1-20-28(25,26)14-4-6-16(15(8-14)18-10-24(2)11-22-18)21-9-13-3-5-17-19(7-13)27-12-23-17/h3-8,10-12,20-21H,9H2,1-2H3. The van der Waals surface area contributed by atoms with Crippen molar-refractivity contribution in [1.29, 1.82) is 0 Å². The van der Waals surface area contributed by atoms with Crippen LogP contribution >= 0.6 is 11.3 Å². The quantitative estimate of drug-likeness (QED) is 0.507. The summed E-state index contributed by atoms with van der Waals surface area (Å²) in [7, 11) is -0.264. The minimum Gasteiger partial charge on any atom is -0.380 e. The van der Waals surface area contributed by atoms with Crippen molar-refractivity contribution in [3.63, 3.8) is 0 Å². The first-order chi connectivity index (χ1) is 13.5. The maximum atomic E-state index is 12.2. The van der Waals surface area contributed by atoms with Gasteiger partial charge in [-0.1, -0.05) is 6.07 Å². The molecule has 0 bridgehead atoms. The molecule has 144 valence electrons. The van der Waals surface area contributed by atoms with E-state index in [4.69, 9.17) is 0 Å². The number of fused-ring (bicyclic) bond motifs is 1. The van der Waals surface area contributed by atoms with Crippen LogP contribution in [0, 0.1) is 0 Å². The third-order valence-electron chi connectivity index (χ3n) is 4.43. The molecule has 7 nitrogen and oxygen atoms in total. The number of hydrogen-bond acceptors (Lipinski definition) is 6. The molecule has 28 heavy (non-hydrogen) atoms. The van der Waals surface area contributed by atoms with E-state index in [0.29, 0.717) is 12.2 Å². The van der Waals surface area contributed by atoms with Crippen LogP contribution in [-0.4, -0.2) is 30.0 Å². The first-order valence-electron chi connectivity index (χ1n) is 8.58. The van der Waals surface area contributed by atoms with Crippen LogP contribution in [-0.2, 0) is 23.6 Å². The molecular weight excluding hydrogens is 394 g/mol. The molecule has 2 aromatic carbocycles. The molecule has 4 aromatic rings. The lowest BCUT2D eigenvalue weighted by Crippen LogP contribution is -2.18. The third-order valence-corrected chi connectivity index (χ3v) is 6.63. The van der Waals surface area contributed by atoms with Crippen LogP contribution in [0.4, 0.5) is 5.69 Å². The largest absolute Gasteiger partial charge is 0.380 e. The fourth-order valence-corrected chi connectivity index (χ4v) is 4.43. The molecule has 2 aromatic heterocycles. The lowest BCUT2D eigenvalue weighted by Gasteiger charge is -2.13. The van der Waals surface area contributed by atoms with Crippen molar-refractivity contribution in [3.8, 4) is 11.3 Å². The normalized spacial score (nSPS) is 11.8. The molecule has 2 heterocycles. The summed E-state index contributed by atoms with van der Waals surface area (Å²) in [6.07, 6.45) is 3.55. The Morgan fingerprint density at radius 2 is 2.00 bits per heavy atom. The van der Waals surface area contributed by atoms with Gasteiger partial charge in [-0.3, -0.25) is 0 Å². The number of aromatic nitrogens is 3. The topological polar surface area (TPSA) is 88.9 Å². The van der Waals surface area contributed by atoms with Crippen molar-refractivity contribution in [2.45, 2.75) is 11.4 Å². The highest BCUT2D eigenvalue weighted by Gasteiger charge is 2.16. The van der Waals surface area contributed by atoms with Crippen LogP contribution in [0.15, 0.2) is 59.3 Å². The molecule has 0 fully saturated rings. The zero-order valence-electron chi connectivity index (χ0n) is 15.4. The number of thiazole rings is 1. The first-order valence-corrected chi connectivity index (χ1v) is 10.9. The van der Waals surface area contributed by atoms with Crippen LogP contribution < -0.4 is 10.0 Å². The van der Waals surface area contributed by atoms with E-state index < -0.39 is 10.0 Å². The van der Waals surface area contributed by atoms with E-state index in [1.807, 2.05) is 35.5 Å². The maximum absolute atomic E-state index is 12.2. The number of sulfonamides is 1. The van der Waals surface area contributed by atoms with Gasteiger partial charge in [0.25, 0.3) is 0 Å². The van der Waals surface area contributed by atoms with Gasteiger partial charge in [0.15, 0.2) is 0 Å². The zero-order chi connectivity index (χ0) is 19.7. The molecule has 0 aliphatic rings. The minimum atomic E-state index is -3.54. The summed E-state index contributed by atoms with van der Waals surface area (Å²) < 4.78 is 29.8. The Hall–Kier alpha value is -2.75. The SMILES string of the molecule is CNS(=O)(=O)c1ccc(NCc2ccc3ncsc3c2)c(-c2cn(C)cn2)c1. The number of nitrogens with zero attached hydrogens (tertiary/aromatic N) is 3. The van der Waals surface area contributed by atoms with Gasteiger partial charge >= 0.3 is 0 Å². The second kappa shape index (κ2) is 7.34. The number of nitrogens with one attached hydrogen (secondary N) is 2. The average molecular weight is 414 g/mol. The van der Waals surface area contributed by atoms with Gasteiger partial charge in [-0.05, 0) is 42.9 Å². The smallest absolute Gasteiger partial charge is 0.240 e. The van der Waals surface area contributed by atoms with Gasteiger partial charge in [0.2, 0.25) is 10.0 Å². The summed E-state index contributed by atoms with van der Waals surface area (Å²) in [5.41, 5.74) is 6.20. The van der Waals surface area contributed by atoms with Crippen LogP contribution in [0.2, 0.25) is 0 Å². The van der Waals surface area contributed by atoms with Crippen molar-refractivity contribution in [2.75, 3.05) is 12.4 Å². The van der Waals surface area contributed by atoms with Crippen molar-refractivity contribution in [2.24, 2.45) is 7.05 Å². The number of benzene rings is 2. The Morgan fingerprint density at radius 1 is 1.14 bits per heavy atom. The Balaban J connectivity index is 1.68. The molecule has 0 amide bonds. The Morgan fingerprint density at radius 3 is 2.75 bits per heavy atom. The predicted octanol–water partition coefficient (Wildman–Crippen LogP) is 3.22. The molecule has 0 atom stereocenters. The van der Waals surface area contributed by atoms with Gasteiger partial charge in [-0.15, -0.1) is 11.3 Å². The van der Waals surface area contributed by atoms with Gasteiger partial charge in [0, 0.05) is 31.0 Å². The van der Waals surface area contributed by atoms with Crippen LogP contribution in [0.5, 0.6) is 0 Å². The van der Waals surface area contributed by atoms with E-state index >= 15 is 0 Å². The monoisotopic (exact) mass is 413 g/mol. The number of aryl methyl sites for hydroxylation is 1. The summed E-state index contributed by atoms with van der Waals surface area (Å²) in [5, 5.41) is 3.41. The summed E-state index contributed by atoms with van der Waals surface area (Å²) >= 11 is 1.61. The van der Waals surface area contributed by atoms with E-state index in [9.17, 15) is 8.42 Å². The molecule has 0 spiro atoms. The highest BCUT2D eigenvalue weighted by molar-refractivity contribution is 7.89. The van der Waals surface area contributed by atoms with Gasteiger partial charge < -0.3 is 9.88 Å². The molecule has 0 aliphatic heterocycles. The lowest BCUT2D eigenvalue weighted by atomic mass is 10.1. The summed E-state index contributed by atoms with van der Waals surface area (Å²) in [6, 6.07) is 11.2. The molecule has 0 unspecified atom stereocenters. The molecule has 0 saturated carbocycles. The van der Waals surface area contributed by atoms with E-state index in [2.05, 4.69) is 26.1 Å². The molecule has 0 aliphatic carbocycles. The minimum absolute atomic E-state index is 0.201. The fraction of sp³-hybridized carbons (Fsp3) is 0.158. The lowest BCUT2D eigenvalue weighted by molar-refractivity contribution is 0.588. The van der Waals surface area contributed by atoms with Crippen molar-refractivity contribution < 1.29 is 8.42 Å². The van der Waals surface area contributed by atoms with E-state index in [0.717, 1.165) is 27.0 Å². The summed E-state index contributed by atoms with van der Waals surface area (Å²) in [5.74, 6) is 0. The third kappa shape index (κ3) is 3.64.